The molecule has 0 spiro atoms. The van der Waals surface area contributed by atoms with Crippen molar-refractivity contribution in [1.82, 2.24) is 40.3 Å². The fraction of sp³-hybridized carbons (Fsp3) is 0.425. The van der Waals surface area contributed by atoms with Crippen molar-refractivity contribution in [2.45, 2.75) is 133 Å². The van der Waals surface area contributed by atoms with Gasteiger partial charge in [-0.05, 0) is 113 Å². The average Bonchev–Trinajstić information content (AvgIpc) is 1.56. The van der Waals surface area contributed by atoms with Crippen molar-refractivity contribution in [3.8, 4) is 22.3 Å². The van der Waals surface area contributed by atoms with Crippen LogP contribution in [0.5, 0.6) is 0 Å². The smallest absolute Gasteiger partial charge is 0.424 e. The first kappa shape index (κ1) is 83.0. The standard InChI is InChI=1S/C87H102ClN9O17/c1-54-22-21-33-74(107-10)87(106)49-73(112-83(103)91-87)56(3)81-86(5,114-81)75(48-79(101)94(8)72-46-58(44-54)45-55(2)80(72)88)113-82(102)57(4)93(7)78(100)35-40-108-42-43-109-41-37-90-77(99)51-96(85(105)111-53-70-67-30-18-14-26-63(67)64-27-15-19-31-68(64)70)39-36-89-76(98)34-38-97-60(47-59-23-11-20-32-71(59)97)50-92(6)95(9)84(104)110-52-69-65-28-16-12-24-61(65)62-25-13-17-29-66(62)69/h11-33,45-47,56-57,69-70,73-75,81,106H,34-44,48-53H2,1-10H3,(H,89,98)(H,90,99)(H,91,103)/b33-21+,54-22+/t56-,57+,73+,74-,75+,81?,86?,87+/m1/s1. The first-order valence-corrected chi connectivity index (χ1v) is 39.1. The van der Waals surface area contributed by atoms with E-state index in [1.807, 2.05) is 135 Å². The molecule has 4 heterocycles. The van der Waals surface area contributed by atoms with Crippen LogP contribution >= 0.6 is 11.6 Å². The number of halogens is 1. The molecule has 604 valence electrons. The van der Waals surface area contributed by atoms with Crippen LogP contribution in [0.15, 0.2) is 163 Å². The highest BCUT2D eigenvalue weighted by molar-refractivity contribution is 6.34. The summed E-state index contributed by atoms with van der Waals surface area (Å²) in [5.41, 5.74) is 10.2. The quantitative estimate of drug-likeness (QED) is 0.0116. The zero-order valence-corrected chi connectivity index (χ0v) is 66.9. The fourth-order valence-corrected chi connectivity index (χ4v) is 16.0. The molecule has 6 aromatic carbocycles. The maximum absolute atomic E-state index is 14.5. The van der Waals surface area contributed by atoms with E-state index in [0.717, 1.165) is 77.8 Å². The number of methoxy groups -OCH3 is 1. The zero-order valence-electron chi connectivity index (χ0n) is 66.2. The molecule has 2 saturated heterocycles. The highest BCUT2D eigenvalue weighted by Gasteiger charge is 2.64. The number of hydrazine groups is 1. The number of allylic oxidation sites excluding steroid dienone is 3. The summed E-state index contributed by atoms with van der Waals surface area (Å²) in [4.78, 5) is 115. The number of aryl methyl sites for hydroxylation is 2. The maximum Gasteiger partial charge on any atom is 0.424 e. The number of aliphatic hydroxyl groups is 1. The first-order valence-electron chi connectivity index (χ1n) is 38.7. The molecule has 0 radical (unpaired) electrons. The van der Waals surface area contributed by atoms with E-state index >= 15 is 0 Å². The predicted molar refractivity (Wildman–Crippen MR) is 429 cm³/mol. The molecule has 5 aliphatic rings. The summed E-state index contributed by atoms with van der Waals surface area (Å²) in [6.45, 7) is 9.43. The van der Waals surface area contributed by atoms with Gasteiger partial charge < -0.3 is 68.0 Å². The van der Waals surface area contributed by atoms with Gasteiger partial charge in [-0.1, -0.05) is 164 Å². The maximum atomic E-state index is 14.5. The van der Waals surface area contributed by atoms with Crippen molar-refractivity contribution in [3.05, 3.63) is 207 Å². The van der Waals surface area contributed by atoms with Gasteiger partial charge in [0.2, 0.25) is 23.6 Å². The van der Waals surface area contributed by atoms with Crippen molar-refractivity contribution in [2.75, 3.05) is 106 Å². The molecule has 2 unspecified atom stereocenters. The van der Waals surface area contributed by atoms with Gasteiger partial charge in [-0.25, -0.2) is 29.2 Å². The average molecular weight is 1580 g/mol. The monoisotopic (exact) mass is 1580 g/mol. The molecule has 12 rings (SSSR count). The Labute approximate surface area is 669 Å². The van der Waals surface area contributed by atoms with Crippen LogP contribution in [0.3, 0.4) is 0 Å². The molecule has 114 heavy (non-hydrogen) atoms. The summed E-state index contributed by atoms with van der Waals surface area (Å²) in [6.07, 6.45) is -0.712. The minimum atomic E-state index is -1.88. The van der Waals surface area contributed by atoms with Crippen LogP contribution in [0.2, 0.25) is 5.02 Å². The van der Waals surface area contributed by atoms with Gasteiger partial charge in [0.05, 0.1) is 62.6 Å². The van der Waals surface area contributed by atoms with E-state index in [0.29, 0.717) is 30.2 Å². The number of carbonyl (C=O) groups excluding carboxylic acids is 8. The van der Waals surface area contributed by atoms with Crippen LogP contribution in [-0.2, 0) is 81.4 Å². The van der Waals surface area contributed by atoms with Crippen molar-refractivity contribution in [2.24, 2.45) is 5.92 Å². The number of aromatic nitrogens is 1. The van der Waals surface area contributed by atoms with E-state index in [1.54, 1.807) is 52.2 Å². The highest BCUT2D eigenvalue weighted by Crippen LogP contribution is 2.50. The predicted octanol–water partition coefficient (Wildman–Crippen LogP) is 11.0. The highest BCUT2D eigenvalue weighted by atomic mass is 35.5. The summed E-state index contributed by atoms with van der Waals surface area (Å²) in [6, 6.07) is 44.8. The Morgan fingerprint density at radius 2 is 1.33 bits per heavy atom. The van der Waals surface area contributed by atoms with Gasteiger partial charge in [-0.3, -0.25) is 29.4 Å². The first-order chi connectivity index (χ1) is 54.7. The second-order valence-corrected chi connectivity index (χ2v) is 30.5. The molecule has 26 nitrogen and oxygen atoms in total. The van der Waals surface area contributed by atoms with Gasteiger partial charge >= 0.3 is 24.2 Å². The van der Waals surface area contributed by atoms with Gasteiger partial charge in [-0.15, -0.1) is 0 Å². The Kier molecular flexibility index (Phi) is 26.8. The molecule has 7 amide bonds. The van der Waals surface area contributed by atoms with Crippen LogP contribution in [-0.4, -0.2) is 220 Å². The molecule has 27 heteroatoms. The number of hydrogen-bond donors (Lipinski definition) is 4. The topological polar surface area (TPSA) is 291 Å². The van der Waals surface area contributed by atoms with Crippen LogP contribution < -0.4 is 20.9 Å². The summed E-state index contributed by atoms with van der Waals surface area (Å²) in [5.74, 6) is -3.43. The van der Waals surface area contributed by atoms with Gasteiger partial charge in [-0.2, -0.15) is 0 Å². The van der Waals surface area contributed by atoms with Gasteiger partial charge in [0.1, 0.15) is 49.7 Å². The van der Waals surface area contributed by atoms with Crippen molar-refractivity contribution >= 4 is 76.1 Å². The zero-order chi connectivity index (χ0) is 81.1. The number of anilines is 1. The Morgan fingerprint density at radius 3 is 1.96 bits per heavy atom. The number of epoxide rings is 1. The normalized spacial score (nSPS) is 21.5. The van der Waals surface area contributed by atoms with Crippen molar-refractivity contribution in [3.63, 3.8) is 0 Å². The number of rotatable bonds is 28. The van der Waals surface area contributed by atoms with Crippen molar-refractivity contribution < 1.29 is 81.4 Å². The van der Waals surface area contributed by atoms with E-state index in [4.69, 9.17) is 49.5 Å². The van der Waals surface area contributed by atoms with E-state index in [-0.39, 0.29) is 109 Å². The summed E-state index contributed by atoms with van der Waals surface area (Å²) in [5, 5.41) is 24.8. The number of benzene rings is 6. The number of carbonyl (C=O) groups is 8. The second kappa shape index (κ2) is 36.8. The number of hydrogen-bond acceptors (Lipinski definition) is 18. The molecule has 0 saturated carbocycles. The summed E-state index contributed by atoms with van der Waals surface area (Å²) in [7, 11) is 7.95. The lowest BCUT2D eigenvalue weighted by atomic mass is 9.83. The Hall–Kier alpha value is -10.5. The lowest BCUT2D eigenvalue weighted by molar-refractivity contribution is -0.162. The van der Waals surface area contributed by atoms with E-state index < -0.39 is 89.7 Å². The molecule has 3 aliphatic heterocycles. The van der Waals surface area contributed by atoms with Crippen molar-refractivity contribution in [1.29, 1.82) is 0 Å². The Bertz CT molecular complexity index is 4690. The van der Waals surface area contributed by atoms with Crippen LogP contribution in [0.1, 0.15) is 104 Å². The largest absolute Gasteiger partial charge is 0.457 e. The van der Waals surface area contributed by atoms with Gasteiger partial charge in [0.25, 0.3) is 0 Å². The number of nitrogens with zero attached hydrogens (tertiary/aromatic N) is 6. The number of amides is 7. The van der Waals surface area contributed by atoms with Crippen LogP contribution in [0.4, 0.5) is 20.1 Å². The van der Waals surface area contributed by atoms with Crippen LogP contribution in [0, 0.1) is 12.8 Å². The SMILES string of the molecule is CO[C@@H]1/C=C/C=C(\C)Cc2cc(C)c(Cl)c(c2)N(C)C(=O)C[C@H](OC(=O)[C@H](C)N(C)C(=O)CCOCCOCCNC(=O)CN(CCNC(=O)CCn2c(CN(C)N(C)C(=O)OCC3c4ccccc4-c4ccccc43)cc3ccccc32)C(=O)OCC2c3ccccc3-c3ccccc32)C2(C)OC2[C@H](C)[C@@H]2C[C@@]1(O)NC(=O)O2. The third-order valence-electron chi connectivity index (χ3n) is 22.5. The van der Waals surface area contributed by atoms with Crippen LogP contribution in [0.25, 0.3) is 33.2 Å². The number of para-hydroxylation sites is 1. The van der Waals surface area contributed by atoms with E-state index in [9.17, 15) is 43.5 Å². The minimum absolute atomic E-state index is 0.00737. The minimum Gasteiger partial charge on any atom is -0.457 e. The number of nitrogens with one attached hydrogen (secondary N) is 3. The molecular formula is C87H102ClN9O17. The van der Waals surface area contributed by atoms with Gasteiger partial charge in [0, 0.05) is 103 Å². The molecule has 2 fully saturated rings. The molecule has 8 atom stereocenters. The number of esters is 1. The Balaban J connectivity index is 0.606. The number of ether oxygens (including phenoxy) is 8. The third-order valence-corrected chi connectivity index (χ3v) is 23.0. The number of fused-ring (bicyclic) bond motifs is 12. The number of alkyl carbamates (subject to hydrolysis) is 1. The lowest BCUT2D eigenvalue weighted by Gasteiger charge is -2.42. The Morgan fingerprint density at radius 1 is 0.746 bits per heavy atom. The second-order valence-electron chi connectivity index (χ2n) is 30.2. The molecule has 4 N–H and O–H groups in total. The van der Waals surface area contributed by atoms with Gasteiger partial charge in [0.15, 0.2) is 5.72 Å². The summed E-state index contributed by atoms with van der Waals surface area (Å²) < 4.78 is 49.6. The lowest BCUT2D eigenvalue weighted by Crippen LogP contribution is -2.63. The fourth-order valence-electron chi connectivity index (χ4n) is 15.8. The molecule has 2 aliphatic carbocycles. The molecule has 4 bridgehead atoms. The summed E-state index contributed by atoms with van der Waals surface area (Å²) >= 11 is 6.88. The third kappa shape index (κ3) is 19.0. The van der Waals surface area contributed by atoms with E-state index in [2.05, 4.69) is 44.8 Å². The number of likely N-dealkylation sites (N-methyl/N-ethyl adjacent to an activating group) is 1. The van der Waals surface area contributed by atoms with E-state index in [1.165, 1.54) is 40.8 Å². The molecular weight excluding hydrogens is 1480 g/mol. The molecule has 1 aromatic heterocycles. The molecule has 7 aromatic rings.